The van der Waals surface area contributed by atoms with E-state index in [0.29, 0.717) is 12.0 Å². The van der Waals surface area contributed by atoms with E-state index in [2.05, 4.69) is 40.3 Å². The Bertz CT molecular complexity index is 333. The lowest BCUT2D eigenvalue weighted by Crippen LogP contribution is -2.53. The molecule has 1 aromatic rings. The lowest BCUT2D eigenvalue weighted by Gasteiger charge is -2.36. The van der Waals surface area contributed by atoms with Gasteiger partial charge in [-0.15, -0.1) is 5.10 Å². The summed E-state index contributed by atoms with van der Waals surface area (Å²) in [5.74, 6) is 1.65. The number of nitrogens with one attached hydrogen (secondary N) is 1. The van der Waals surface area contributed by atoms with Gasteiger partial charge in [-0.3, -0.25) is 0 Å². The first-order valence-corrected chi connectivity index (χ1v) is 5.95. The highest BCUT2D eigenvalue weighted by Gasteiger charge is 2.22. The zero-order valence-corrected chi connectivity index (χ0v) is 10.3. The number of hydrogen-bond donors (Lipinski definition) is 1. The van der Waals surface area contributed by atoms with Crippen LogP contribution in [0.2, 0.25) is 0 Å². The van der Waals surface area contributed by atoms with E-state index >= 15 is 0 Å². The van der Waals surface area contributed by atoms with Crippen LogP contribution in [0.4, 0.5) is 5.82 Å². The first kappa shape index (κ1) is 11.3. The molecule has 1 unspecified atom stereocenters. The highest BCUT2D eigenvalue weighted by molar-refractivity contribution is 5.38. The molecular formula is C12H20N4. The molecule has 4 heteroatoms. The summed E-state index contributed by atoms with van der Waals surface area (Å²) in [6, 6.07) is 4.64. The predicted molar refractivity (Wildman–Crippen MR) is 65.6 cm³/mol. The standard InChI is InChI=1S/C12H20N4/c1-9(2)11-8-16(7-6-13-11)12-5-4-10(3)14-15-12/h4-5,9,11,13H,6-8H2,1-3H3. The summed E-state index contributed by atoms with van der Waals surface area (Å²) in [5, 5.41) is 11.9. The minimum absolute atomic E-state index is 0.553. The molecule has 0 amide bonds. The lowest BCUT2D eigenvalue weighted by atomic mass is 10.0. The normalized spacial score (nSPS) is 21.5. The molecule has 0 radical (unpaired) electrons. The van der Waals surface area contributed by atoms with Crippen molar-refractivity contribution in [3.05, 3.63) is 17.8 Å². The van der Waals surface area contributed by atoms with Crippen LogP contribution in [0.5, 0.6) is 0 Å². The molecule has 1 aromatic heterocycles. The van der Waals surface area contributed by atoms with Gasteiger partial charge in [0.2, 0.25) is 0 Å². The SMILES string of the molecule is Cc1ccc(N2CCNC(C(C)C)C2)nn1. The maximum absolute atomic E-state index is 4.24. The Morgan fingerprint density at radius 3 is 2.81 bits per heavy atom. The van der Waals surface area contributed by atoms with E-state index in [1.165, 1.54) is 0 Å². The van der Waals surface area contributed by atoms with Gasteiger partial charge in [-0.1, -0.05) is 13.8 Å². The molecule has 2 heterocycles. The second-order valence-electron chi connectivity index (χ2n) is 4.78. The molecule has 1 fully saturated rings. The summed E-state index contributed by atoms with van der Waals surface area (Å²) in [7, 11) is 0. The monoisotopic (exact) mass is 220 g/mol. The maximum Gasteiger partial charge on any atom is 0.151 e. The van der Waals surface area contributed by atoms with Crippen molar-refractivity contribution in [1.29, 1.82) is 0 Å². The molecule has 1 N–H and O–H groups in total. The van der Waals surface area contributed by atoms with E-state index in [1.54, 1.807) is 0 Å². The van der Waals surface area contributed by atoms with Crippen LogP contribution in [0.3, 0.4) is 0 Å². The zero-order chi connectivity index (χ0) is 11.5. The Hall–Kier alpha value is -1.16. The summed E-state index contributed by atoms with van der Waals surface area (Å²) in [6.45, 7) is 9.53. The third-order valence-corrected chi connectivity index (χ3v) is 3.12. The van der Waals surface area contributed by atoms with Crippen LogP contribution >= 0.6 is 0 Å². The molecule has 1 aliphatic rings. The number of hydrogen-bond acceptors (Lipinski definition) is 4. The van der Waals surface area contributed by atoms with Crippen LogP contribution in [-0.2, 0) is 0 Å². The third-order valence-electron chi connectivity index (χ3n) is 3.12. The number of aryl methyl sites for hydroxylation is 1. The second-order valence-corrected chi connectivity index (χ2v) is 4.78. The molecule has 0 spiro atoms. The molecule has 1 aliphatic heterocycles. The third kappa shape index (κ3) is 2.50. The maximum atomic E-state index is 4.24. The first-order valence-electron chi connectivity index (χ1n) is 5.95. The number of anilines is 1. The largest absolute Gasteiger partial charge is 0.352 e. The van der Waals surface area contributed by atoms with Crippen LogP contribution in [0.15, 0.2) is 12.1 Å². The molecule has 1 saturated heterocycles. The van der Waals surface area contributed by atoms with Gasteiger partial charge in [-0.05, 0) is 25.0 Å². The Morgan fingerprint density at radius 1 is 1.38 bits per heavy atom. The zero-order valence-electron chi connectivity index (χ0n) is 10.3. The molecule has 0 aliphatic carbocycles. The van der Waals surface area contributed by atoms with E-state index in [-0.39, 0.29) is 0 Å². The van der Waals surface area contributed by atoms with E-state index in [9.17, 15) is 0 Å². The molecule has 0 bridgehead atoms. The van der Waals surface area contributed by atoms with E-state index in [4.69, 9.17) is 0 Å². The quantitative estimate of drug-likeness (QED) is 0.813. The summed E-state index contributed by atoms with van der Waals surface area (Å²) in [6.07, 6.45) is 0. The lowest BCUT2D eigenvalue weighted by molar-refractivity contribution is 0.367. The van der Waals surface area contributed by atoms with Crippen molar-refractivity contribution in [2.75, 3.05) is 24.5 Å². The molecule has 16 heavy (non-hydrogen) atoms. The van der Waals surface area contributed by atoms with Gasteiger partial charge in [-0.25, -0.2) is 0 Å². The summed E-state index contributed by atoms with van der Waals surface area (Å²) in [5.41, 5.74) is 0.972. The van der Waals surface area contributed by atoms with Crippen LogP contribution in [0.1, 0.15) is 19.5 Å². The van der Waals surface area contributed by atoms with Gasteiger partial charge in [-0.2, -0.15) is 5.10 Å². The summed E-state index contributed by atoms with van der Waals surface area (Å²) >= 11 is 0. The molecule has 88 valence electrons. The van der Waals surface area contributed by atoms with Gasteiger partial charge >= 0.3 is 0 Å². The molecule has 0 saturated carbocycles. The number of rotatable bonds is 2. The molecule has 4 nitrogen and oxygen atoms in total. The average Bonchev–Trinajstić information content (AvgIpc) is 2.30. The van der Waals surface area contributed by atoms with Gasteiger partial charge in [0.15, 0.2) is 5.82 Å². The van der Waals surface area contributed by atoms with Gasteiger partial charge in [0, 0.05) is 25.7 Å². The van der Waals surface area contributed by atoms with Crippen molar-refractivity contribution in [2.45, 2.75) is 26.8 Å². The highest BCUT2D eigenvalue weighted by atomic mass is 15.3. The van der Waals surface area contributed by atoms with Crippen molar-refractivity contribution in [1.82, 2.24) is 15.5 Å². The summed E-state index contributed by atoms with van der Waals surface area (Å²) in [4.78, 5) is 2.31. The molecular weight excluding hydrogens is 200 g/mol. The fourth-order valence-corrected chi connectivity index (χ4v) is 1.99. The Labute approximate surface area is 97.1 Å². The summed E-state index contributed by atoms with van der Waals surface area (Å²) < 4.78 is 0. The Balaban J connectivity index is 2.06. The number of nitrogens with zero attached hydrogens (tertiary/aromatic N) is 3. The van der Waals surface area contributed by atoms with Crippen molar-refractivity contribution in [3.63, 3.8) is 0 Å². The van der Waals surface area contributed by atoms with Crippen molar-refractivity contribution in [3.8, 4) is 0 Å². The number of piperazine rings is 1. The van der Waals surface area contributed by atoms with Gasteiger partial charge in [0.1, 0.15) is 0 Å². The van der Waals surface area contributed by atoms with Gasteiger partial charge in [0.25, 0.3) is 0 Å². The smallest absolute Gasteiger partial charge is 0.151 e. The van der Waals surface area contributed by atoms with Gasteiger partial charge in [0.05, 0.1) is 5.69 Å². The molecule has 2 rings (SSSR count). The van der Waals surface area contributed by atoms with E-state index < -0.39 is 0 Å². The van der Waals surface area contributed by atoms with E-state index in [1.807, 2.05) is 13.0 Å². The average molecular weight is 220 g/mol. The minimum Gasteiger partial charge on any atom is -0.352 e. The Kier molecular flexibility index (Phi) is 3.39. The second kappa shape index (κ2) is 4.78. The fraction of sp³-hybridized carbons (Fsp3) is 0.667. The van der Waals surface area contributed by atoms with E-state index in [0.717, 1.165) is 31.1 Å². The van der Waals surface area contributed by atoms with Crippen LogP contribution in [0, 0.1) is 12.8 Å². The predicted octanol–water partition coefficient (Wildman–Crippen LogP) is 1.22. The first-order chi connectivity index (χ1) is 7.66. The van der Waals surface area contributed by atoms with Gasteiger partial charge < -0.3 is 10.2 Å². The Morgan fingerprint density at radius 2 is 2.19 bits per heavy atom. The number of aromatic nitrogens is 2. The van der Waals surface area contributed by atoms with Crippen molar-refractivity contribution >= 4 is 5.82 Å². The van der Waals surface area contributed by atoms with Crippen molar-refractivity contribution < 1.29 is 0 Å². The fourth-order valence-electron chi connectivity index (χ4n) is 1.99. The minimum atomic E-state index is 0.553. The van der Waals surface area contributed by atoms with Crippen LogP contribution in [-0.4, -0.2) is 35.9 Å². The molecule has 0 aromatic carbocycles. The van der Waals surface area contributed by atoms with Crippen LogP contribution in [0.25, 0.3) is 0 Å². The van der Waals surface area contributed by atoms with Crippen LogP contribution < -0.4 is 10.2 Å². The van der Waals surface area contributed by atoms with Crippen molar-refractivity contribution in [2.24, 2.45) is 5.92 Å². The highest BCUT2D eigenvalue weighted by Crippen LogP contribution is 2.15. The topological polar surface area (TPSA) is 41.0 Å². The molecule has 1 atom stereocenters.